The number of thiazole rings is 1. The van der Waals surface area contributed by atoms with E-state index in [1.165, 1.54) is 0 Å². The fourth-order valence-corrected chi connectivity index (χ4v) is 2.32. The number of nitrogens with zero attached hydrogens (tertiary/aromatic N) is 1. The first kappa shape index (κ1) is 10.5. The number of aromatic nitrogens is 1. The normalized spacial score (nSPS) is 14.6. The third-order valence-corrected chi connectivity index (χ3v) is 3.58. The molecular formula is C13H12N2OS. The Morgan fingerprint density at radius 3 is 3.00 bits per heavy atom. The maximum atomic E-state index is 11.6. The van der Waals surface area contributed by atoms with Crippen molar-refractivity contribution in [3.63, 3.8) is 0 Å². The maximum absolute atomic E-state index is 11.6. The van der Waals surface area contributed by atoms with Crippen LogP contribution in [0.25, 0.3) is 10.6 Å². The minimum Gasteiger partial charge on any atom is -0.326 e. The summed E-state index contributed by atoms with van der Waals surface area (Å²) in [4.78, 5) is 15.9. The number of hydrogen-bond acceptors (Lipinski definition) is 3. The Morgan fingerprint density at radius 1 is 1.41 bits per heavy atom. The van der Waals surface area contributed by atoms with Gasteiger partial charge in [0, 0.05) is 28.7 Å². The SMILES string of the molecule is O=C(Nc1cccc(-c2nccs2)c1)C1CC1. The molecule has 0 unspecified atom stereocenters. The number of carbonyl (C=O) groups is 1. The second-order valence-corrected chi connectivity index (χ2v) is 5.08. The van der Waals surface area contributed by atoms with Gasteiger partial charge in [0.1, 0.15) is 5.01 Å². The van der Waals surface area contributed by atoms with Crippen LogP contribution in [0.1, 0.15) is 12.8 Å². The quantitative estimate of drug-likeness (QED) is 0.901. The van der Waals surface area contributed by atoms with Crippen molar-refractivity contribution in [2.75, 3.05) is 5.32 Å². The highest BCUT2D eigenvalue weighted by Crippen LogP contribution is 2.31. The van der Waals surface area contributed by atoms with E-state index < -0.39 is 0 Å². The van der Waals surface area contributed by atoms with Crippen LogP contribution < -0.4 is 5.32 Å². The lowest BCUT2D eigenvalue weighted by Crippen LogP contribution is -2.13. The molecule has 2 aromatic rings. The van der Waals surface area contributed by atoms with Crippen molar-refractivity contribution in [3.8, 4) is 10.6 Å². The second kappa shape index (κ2) is 4.30. The van der Waals surface area contributed by atoms with E-state index in [0.29, 0.717) is 0 Å². The van der Waals surface area contributed by atoms with E-state index in [0.717, 1.165) is 29.1 Å². The third-order valence-electron chi connectivity index (χ3n) is 2.76. The topological polar surface area (TPSA) is 42.0 Å². The molecule has 1 aromatic heterocycles. The summed E-state index contributed by atoms with van der Waals surface area (Å²) < 4.78 is 0. The molecule has 0 bridgehead atoms. The summed E-state index contributed by atoms with van der Waals surface area (Å²) in [5.41, 5.74) is 1.91. The van der Waals surface area contributed by atoms with Crippen LogP contribution in [0, 0.1) is 5.92 Å². The first-order valence-corrected chi connectivity index (χ1v) is 6.52. The zero-order valence-electron chi connectivity index (χ0n) is 9.22. The molecule has 1 saturated carbocycles. The highest BCUT2D eigenvalue weighted by molar-refractivity contribution is 7.13. The van der Waals surface area contributed by atoms with Crippen molar-refractivity contribution in [2.24, 2.45) is 5.92 Å². The summed E-state index contributed by atoms with van der Waals surface area (Å²) in [7, 11) is 0. The summed E-state index contributed by atoms with van der Waals surface area (Å²) in [6.45, 7) is 0. The van der Waals surface area contributed by atoms with Crippen molar-refractivity contribution in [3.05, 3.63) is 35.8 Å². The lowest BCUT2D eigenvalue weighted by Gasteiger charge is -2.05. The van der Waals surface area contributed by atoms with E-state index >= 15 is 0 Å². The molecule has 3 rings (SSSR count). The van der Waals surface area contributed by atoms with Crippen molar-refractivity contribution in [2.45, 2.75) is 12.8 Å². The number of benzene rings is 1. The Bertz CT molecular complexity index is 532. The zero-order valence-corrected chi connectivity index (χ0v) is 10.0. The van der Waals surface area contributed by atoms with Gasteiger partial charge >= 0.3 is 0 Å². The van der Waals surface area contributed by atoms with Gasteiger partial charge in [-0.25, -0.2) is 4.98 Å². The summed E-state index contributed by atoms with van der Waals surface area (Å²) in [5, 5.41) is 5.87. The second-order valence-electron chi connectivity index (χ2n) is 4.18. The first-order valence-electron chi connectivity index (χ1n) is 5.64. The summed E-state index contributed by atoms with van der Waals surface area (Å²) >= 11 is 1.60. The maximum Gasteiger partial charge on any atom is 0.227 e. The van der Waals surface area contributed by atoms with Crippen LogP contribution in [0.5, 0.6) is 0 Å². The summed E-state index contributed by atoms with van der Waals surface area (Å²) in [6.07, 6.45) is 3.84. The Balaban J connectivity index is 1.81. The molecule has 4 heteroatoms. The van der Waals surface area contributed by atoms with E-state index in [1.54, 1.807) is 17.5 Å². The molecule has 17 heavy (non-hydrogen) atoms. The van der Waals surface area contributed by atoms with Gasteiger partial charge < -0.3 is 5.32 Å². The molecule has 1 fully saturated rings. The van der Waals surface area contributed by atoms with Crippen LogP contribution in [0.3, 0.4) is 0 Å². The molecule has 1 aliphatic carbocycles. The smallest absolute Gasteiger partial charge is 0.227 e. The lowest BCUT2D eigenvalue weighted by molar-refractivity contribution is -0.117. The van der Waals surface area contributed by atoms with E-state index in [1.807, 2.05) is 29.6 Å². The van der Waals surface area contributed by atoms with E-state index in [9.17, 15) is 4.79 Å². The van der Waals surface area contributed by atoms with Gasteiger partial charge in [0.25, 0.3) is 0 Å². The predicted molar refractivity (Wildman–Crippen MR) is 68.9 cm³/mol. The van der Waals surface area contributed by atoms with Gasteiger partial charge in [-0.3, -0.25) is 4.79 Å². The van der Waals surface area contributed by atoms with Crippen LogP contribution in [-0.4, -0.2) is 10.9 Å². The van der Waals surface area contributed by atoms with Crippen molar-refractivity contribution >= 4 is 22.9 Å². The van der Waals surface area contributed by atoms with Crippen LogP contribution >= 0.6 is 11.3 Å². The first-order chi connectivity index (χ1) is 8.33. The molecular weight excluding hydrogens is 232 g/mol. The Kier molecular flexibility index (Phi) is 2.65. The van der Waals surface area contributed by atoms with Crippen molar-refractivity contribution < 1.29 is 4.79 Å². The summed E-state index contributed by atoms with van der Waals surface area (Å²) in [5.74, 6) is 0.375. The van der Waals surface area contributed by atoms with E-state index in [4.69, 9.17) is 0 Å². The van der Waals surface area contributed by atoms with Gasteiger partial charge in [0.2, 0.25) is 5.91 Å². The number of carbonyl (C=O) groups excluding carboxylic acids is 1. The van der Waals surface area contributed by atoms with Gasteiger partial charge in [-0.1, -0.05) is 12.1 Å². The molecule has 3 nitrogen and oxygen atoms in total. The molecule has 1 amide bonds. The van der Waals surface area contributed by atoms with Crippen LogP contribution in [0.4, 0.5) is 5.69 Å². The number of anilines is 1. The number of rotatable bonds is 3. The minimum absolute atomic E-state index is 0.140. The highest BCUT2D eigenvalue weighted by Gasteiger charge is 2.29. The Morgan fingerprint density at radius 2 is 2.29 bits per heavy atom. The molecule has 86 valence electrons. The molecule has 0 radical (unpaired) electrons. The number of nitrogens with one attached hydrogen (secondary N) is 1. The monoisotopic (exact) mass is 244 g/mol. The molecule has 1 aliphatic rings. The highest BCUT2D eigenvalue weighted by atomic mass is 32.1. The molecule has 1 N–H and O–H groups in total. The van der Waals surface area contributed by atoms with Crippen LogP contribution in [0.2, 0.25) is 0 Å². The Labute approximate surface area is 104 Å². The largest absolute Gasteiger partial charge is 0.326 e. The van der Waals surface area contributed by atoms with Gasteiger partial charge in [0.05, 0.1) is 0 Å². The van der Waals surface area contributed by atoms with Gasteiger partial charge in [-0.15, -0.1) is 11.3 Å². The van der Waals surface area contributed by atoms with Crippen LogP contribution in [0.15, 0.2) is 35.8 Å². The molecule has 0 atom stereocenters. The fourth-order valence-electron chi connectivity index (χ4n) is 1.69. The van der Waals surface area contributed by atoms with Crippen molar-refractivity contribution in [1.29, 1.82) is 0 Å². The van der Waals surface area contributed by atoms with Gasteiger partial charge in [-0.2, -0.15) is 0 Å². The standard InChI is InChI=1S/C13H12N2OS/c16-12(9-4-5-9)15-11-3-1-2-10(8-11)13-14-6-7-17-13/h1-3,6-9H,4-5H2,(H,15,16). The van der Waals surface area contributed by atoms with Gasteiger partial charge in [0.15, 0.2) is 0 Å². The fraction of sp³-hybridized carbons (Fsp3) is 0.231. The summed E-state index contributed by atoms with van der Waals surface area (Å²) in [6, 6.07) is 7.83. The third kappa shape index (κ3) is 2.36. The molecule has 0 aliphatic heterocycles. The average Bonchev–Trinajstić information content (AvgIpc) is 3.05. The Hall–Kier alpha value is -1.68. The number of amides is 1. The van der Waals surface area contributed by atoms with Crippen LogP contribution in [-0.2, 0) is 4.79 Å². The number of hydrogen-bond donors (Lipinski definition) is 1. The predicted octanol–water partition coefficient (Wildman–Crippen LogP) is 3.16. The van der Waals surface area contributed by atoms with E-state index in [2.05, 4.69) is 10.3 Å². The zero-order chi connectivity index (χ0) is 11.7. The molecule has 0 spiro atoms. The van der Waals surface area contributed by atoms with Crippen molar-refractivity contribution in [1.82, 2.24) is 4.98 Å². The van der Waals surface area contributed by atoms with E-state index in [-0.39, 0.29) is 11.8 Å². The molecule has 0 saturated heterocycles. The molecule has 1 aromatic carbocycles. The minimum atomic E-state index is 0.140. The molecule has 1 heterocycles. The lowest BCUT2D eigenvalue weighted by atomic mass is 10.2. The van der Waals surface area contributed by atoms with Gasteiger partial charge in [-0.05, 0) is 25.0 Å². The average molecular weight is 244 g/mol.